The molecule has 17 heavy (non-hydrogen) atoms. The Balaban J connectivity index is 2.69. The first-order valence-corrected chi connectivity index (χ1v) is 6.70. The predicted octanol–water partition coefficient (Wildman–Crippen LogP) is 3.06. The number of rotatable bonds is 7. The van der Waals surface area contributed by atoms with Gasteiger partial charge in [-0.05, 0) is 31.5 Å². The number of allylic oxidation sites excluding steroid dienone is 1. The van der Waals surface area contributed by atoms with Crippen LogP contribution in [0.5, 0.6) is 0 Å². The Bertz CT molecular complexity index is 286. The summed E-state index contributed by atoms with van der Waals surface area (Å²) in [5.74, 6) is 0. The number of halogens is 1. The fraction of sp³-hybridized carbons (Fsp3) is 0.714. The summed E-state index contributed by atoms with van der Waals surface area (Å²) in [5, 5.41) is 3.38. The number of nitrogens with two attached hydrogens (primary N) is 1. The molecule has 2 unspecified atom stereocenters. The van der Waals surface area contributed by atoms with E-state index in [2.05, 4.69) is 19.2 Å². The summed E-state index contributed by atoms with van der Waals surface area (Å²) in [5.41, 5.74) is 5.63. The molecule has 98 valence electrons. The predicted molar refractivity (Wildman–Crippen MR) is 71.5 cm³/mol. The van der Waals surface area contributed by atoms with E-state index in [1.54, 1.807) is 0 Å². The van der Waals surface area contributed by atoms with Crippen molar-refractivity contribution >= 4 is 0 Å². The molecule has 0 aliphatic heterocycles. The van der Waals surface area contributed by atoms with E-state index < -0.39 is 11.7 Å². The van der Waals surface area contributed by atoms with Gasteiger partial charge in [0.15, 0.2) is 0 Å². The van der Waals surface area contributed by atoms with Gasteiger partial charge in [0.2, 0.25) is 0 Å². The van der Waals surface area contributed by atoms with Crippen molar-refractivity contribution in [3.8, 4) is 0 Å². The highest BCUT2D eigenvalue weighted by atomic mass is 19.1. The van der Waals surface area contributed by atoms with Crippen LogP contribution in [0.15, 0.2) is 23.9 Å². The summed E-state index contributed by atoms with van der Waals surface area (Å²) < 4.78 is 14.2. The van der Waals surface area contributed by atoms with Crippen LogP contribution >= 0.6 is 0 Å². The van der Waals surface area contributed by atoms with E-state index in [1.165, 1.54) is 6.08 Å². The summed E-state index contributed by atoms with van der Waals surface area (Å²) in [7, 11) is 0. The smallest absolute Gasteiger partial charge is 0.142 e. The highest BCUT2D eigenvalue weighted by molar-refractivity contribution is 5.31. The van der Waals surface area contributed by atoms with Gasteiger partial charge in [-0.3, -0.25) is 0 Å². The lowest BCUT2D eigenvalue weighted by molar-refractivity contribution is 0.211. The number of alkyl halides is 1. The molecule has 0 aromatic rings. The summed E-state index contributed by atoms with van der Waals surface area (Å²) in [6.07, 6.45) is 9.38. The first-order valence-electron chi connectivity index (χ1n) is 6.70. The summed E-state index contributed by atoms with van der Waals surface area (Å²) in [4.78, 5) is 0. The highest BCUT2D eigenvalue weighted by Gasteiger charge is 2.36. The Labute approximate surface area is 104 Å². The first kappa shape index (κ1) is 14.2. The third-order valence-electron chi connectivity index (χ3n) is 3.33. The normalized spacial score (nSPS) is 28.2. The molecule has 3 heteroatoms. The minimum Gasteiger partial charge on any atom is -0.399 e. The quantitative estimate of drug-likeness (QED) is 0.671. The molecule has 0 saturated carbocycles. The van der Waals surface area contributed by atoms with Crippen LogP contribution in [0.25, 0.3) is 0 Å². The van der Waals surface area contributed by atoms with E-state index in [4.69, 9.17) is 5.73 Å². The maximum atomic E-state index is 14.2. The van der Waals surface area contributed by atoms with Crippen LogP contribution in [0.1, 0.15) is 46.0 Å². The van der Waals surface area contributed by atoms with Gasteiger partial charge < -0.3 is 11.1 Å². The van der Waals surface area contributed by atoms with Crippen molar-refractivity contribution in [2.45, 2.75) is 57.7 Å². The molecule has 3 N–H and O–H groups in total. The third-order valence-corrected chi connectivity index (χ3v) is 3.33. The first-order chi connectivity index (χ1) is 8.14. The van der Waals surface area contributed by atoms with Crippen molar-refractivity contribution in [3.63, 3.8) is 0 Å². The van der Waals surface area contributed by atoms with Crippen molar-refractivity contribution in [1.82, 2.24) is 5.32 Å². The Morgan fingerprint density at radius 1 is 1.35 bits per heavy atom. The molecule has 1 aliphatic carbocycles. The zero-order chi connectivity index (χ0) is 12.7. The minimum absolute atomic E-state index is 0.530. The van der Waals surface area contributed by atoms with Gasteiger partial charge in [-0.25, -0.2) is 4.39 Å². The summed E-state index contributed by atoms with van der Waals surface area (Å²) in [6.45, 7) is 5.13. The number of hydrogen-bond acceptors (Lipinski definition) is 2. The second kappa shape index (κ2) is 6.80. The molecule has 1 rings (SSSR count). The molecule has 0 aromatic carbocycles. The second-order valence-corrected chi connectivity index (χ2v) is 4.83. The largest absolute Gasteiger partial charge is 0.399 e. The Morgan fingerprint density at radius 2 is 2.06 bits per heavy atom. The van der Waals surface area contributed by atoms with Crippen LogP contribution in [-0.4, -0.2) is 18.3 Å². The van der Waals surface area contributed by atoms with Crippen LogP contribution in [0.3, 0.4) is 0 Å². The molecular weight excluding hydrogens is 215 g/mol. The molecule has 0 heterocycles. The van der Waals surface area contributed by atoms with Gasteiger partial charge in [-0.15, -0.1) is 0 Å². The van der Waals surface area contributed by atoms with Gasteiger partial charge in [-0.1, -0.05) is 39.2 Å². The molecule has 0 radical (unpaired) electrons. The van der Waals surface area contributed by atoms with Crippen molar-refractivity contribution in [1.29, 1.82) is 0 Å². The molecule has 0 aromatic heterocycles. The lowest BCUT2D eigenvalue weighted by Crippen LogP contribution is -2.52. The van der Waals surface area contributed by atoms with Crippen LogP contribution in [0, 0.1) is 0 Å². The van der Waals surface area contributed by atoms with E-state index in [9.17, 15) is 4.39 Å². The summed E-state index contributed by atoms with van der Waals surface area (Å²) in [6, 6.07) is 0. The topological polar surface area (TPSA) is 38.0 Å². The van der Waals surface area contributed by atoms with E-state index >= 15 is 0 Å². The third kappa shape index (κ3) is 3.84. The Hall–Kier alpha value is -0.830. The monoisotopic (exact) mass is 240 g/mol. The molecular formula is C14H25FN2. The zero-order valence-corrected chi connectivity index (χ0v) is 11.0. The Kier molecular flexibility index (Phi) is 5.69. The molecule has 0 spiro atoms. The fourth-order valence-corrected chi connectivity index (χ4v) is 2.14. The van der Waals surface area contributed by atoms with E-state index in [-0.39, 0.29) is 0 Å². The van der Waals surface area contributed by atoms with E-state index in [1.807, 2.05) is 12.2 Å². The number of hydrogen-bond donors (Lipinski definition) is 2. The number of unbranched alkanes of at least 4 members (excludes halogenated alkanes) is 2. The van der Waals surface area contributed by atoms with Gasteiger partial charge in [-0.2, -0.15) is 0 Å². The summed E-state index contributed by atoms with van der Waals surface area (Å²) >= 11 is 0. The van der Waals surface area contributed by atoms with Gasteiger partial charge in [0.25, 0.3) is 0 Å². The molecule has 2 nitrogen and oxygen atoms in total. The minimum atomic E-state index is -1.02. The average molecular weight is 240 g/mol. The fourth-order valence-electron chi connectivity index (χ4n) is 2.14. The second-order valence-electron chi connectivity index (χ2n) is 4.83. The lowest BCUT2D eigenvalue weighted by Gasteiger charge is -2.36. The van der Waals surface area contributed by atoms with Gasteiger partial charge in [0, 0.05) is 5.70 Å². The Morgan fingerprint density at radius 3 is 2.65 bits per heavy atom. The van der Waals surface area contributed by atoms with Crippen LogP contribution < -0.4 is 11.1 Å². The molecule has 0 saturated heterocycles. The average Bonchev–Trinajstić information content (AvgIpc) is 2.31. The van der Waals surface area contributed by atoms with Crippen molar-refractivity contribution in [3.05, 3.63) is 23.9 Å². The molecule has 0 bridgehead atoms. The highest BCUT2D eigenvalue weighted by Crippen LogP contribution is 2.28. The van der Waals surface area contributed by atoms with Crippen LogP contribution in [0.4, 0.5) is 4.39 Å². The van der Waals surface area contributed by atoms with E-state index in [0.717, 1.165) is 38.6 Å². The van der Waals surface area contributed by atoms with E-state index in [0.29, 0.717) is 5.70 Å². The molecule has 1 aliphatic rings. The van der Waals surface area contributed by atoms with Crippen molar-refractivity contribution in [2.75, 3.05) is 6.54 Å². The van der Waals surface area contributed by atoms with Crippen molar-refractivity contribution in [2.24, 2.45) is 5.73 Å². The molecule has 0 amide bonds. The standard InChI is InChI=1S/C14H25FN2/c1-3-5-8-14(17-10-6-4-2)9-7-12(16)11-13(14)15/h7,9,11,13,17H,3-6,8,10,16H2,1-2H3. The van der Waals surface area contributed by atoms with Crippen LogP contribution in [-0.2, 0) is 0 Å². The van der Waals surface area contributed by atoms with Gasteiger partial charge >= 0.3 is 0 Å². The SMILES string of the molecule is CCCCNC1(CCCC)C=CC(N)=CC1F. The van der Waals surface area contributed by atoms with Gasteiger partial charge in [0.1, 0.15) is 6.17 Å². The zero-order valence-electron chi connectivity index (χ0n) is 11.0. The van der Waals surface area contributed by atoms with Gasteiger partial charge in [0.05, 0.1) is 5.54 Å². The maximum Gasteiger partial charge on any atom is 0.142 e. The maximum absolute atomic E-state index is 14.2. The lowest BCUT2D eigenvalue weighted by atomic mass is 9.83. The number of nitrogens with one attached hydrogen (secondary N) is 1. The molecule has 0 fully saturated rings. The van der Waals surface area contributed by atoms with Crippen molar-refractivity contribution < 1.29 is 4.39 Å². The molecule has 2 atom stereocenters. The van der Waals surface area contributed by atoms with Crippen LogP contribution in [0.2, 0.25) is 0 Å².